The van der Waals surface area contributed by atoms with E-state index >= 15 is 0 Å². The molecule has 3 nitrogen and oxygen atoms in total. The van der Waals surface area contributed by atoms with E-state index in [1.165, 1.54) is 0 Å². The van der Waals surface area contributed by atoms with E-state index in [2.05, 4.69) is 23.5 Å². The minimum Gasteiger partial charge on any atom is -0.444 e. The molecule has 0 aliphatic rings. The Balaban J connectivity index is 2.61. The van der Waals surface area contributed by atoms with Crippen molar-refractivity contribution in [3.63, 3.8) is 0 Å². The van der Waals surface area contributed by atoms with Crippen LogP contribution in [-0.2, 0) is 4.74 Å². The van der Waals surface area contributed by atoms with Gasteiger partial charge in [0.05, 0.1) is 6.04 Å². The van der Waals surface area contributed by atoms with E-state index in [4.69, 9.17) is 4.74 Å². The van der Waals surface area contributed by atoms with Crippen LogP contribution in [0.1, 0.15) is 58.9 Å². The highest BCUT2D eigenvalue weighted by Gasteiger charge is 2.18. The molecule has 0 bridgehead atoms. The Kier molecular flexibility index (Phi) is 8.92. The predicted octanol–water partition coefficient (Wildman–Crippen LogP) is 5.73. The Hall–Kier alpha value is -2.03. The predicted molar refractivity (Wildman–Crippen MR) is 102 cm³/mol. The number of benzene rings is 1. The maximum absolute atomic E-state index is 12.0. The van der Waals surface area contributed by atoms with E-state index in [-0.39, 0.29) is 12.1 Å². The first-order valence-corrected chi connectivity index (χ1v) is 8.74. The van der Waals surface area contributed by atoms with Crippen LogP contribution in [0.2, 0.25) is 0 Å². The molecule has 0 fully saturated rings. The standard InChI is InChI=1S/C21H31NO2/c1-5-6-7-8-12-15-19(22-20(23)24-21(2,3)4)17-16-18-13-10-9-11-14-18/h5-6,9-11,13-14,16-17,19H,7-8,12,15H2,1-4H3,(H,22,23)/b6-5-,17-16+. The molecule has 1 amide bonds. The van der Waals surface area contributed by atoms with Crippen LogP contribution >= 0.6 is 0 Å². The van der Waals surface area contributed by atoms with Crippen LogP contribution in [0, 0.1) is 0 Å². The van der Waals surface area contributed by atoms with Gasteiger partial charge in [-0.15, -0.1) is 0 Å². The van der Waals surface area contributed by atoms with E-state index in [1.54, 1.807) is 0 Å². The van der Waals surface area contributed by atoms with Gasteiger partial charge < -0.3 is 10.1 Å². The first kappa shape index (κ1) is 20.0. The number of ether oxygens (including phenoxy) is 1. The van der Waals surface area contributed by atoms with Crippen molar-refractivity contribution < 1.29 is 9.53 Å². The maximum Gasteiger partial charge on any atom is 0.408 e. The normalized spacial score (nSPS) is 13.3. The van der Waals surface area contributed by atoms with Gasteiger partial charge in [0.1, 0.15) is 5.60 Å². The molecule has 0 saturated heterocycles. The fraction of sp³-hybridized carbons (Fsp3) is 0.476. The van der Waals surface area contributed by atoms with E-state index in [0.717, 1.165) is 31.2 Å². The average molecular weight is 329 g/mol. The molecule has 3 heteroatoms. The number of carbonyl (C=O) groups is 1. The summed E-state index contributed by atoms with van der Waals surface area (Å²) in [6.45, 7) is 7.66. The molecule has 1 unspecified atom stereocenters. The molecule has 24 heavy (non-hydrogen) atoms. The summed E-state index contributed by atoms with van der Waals surface area (Å²) >= 11 is 0. The lowest BCUT2D eigenvalue weighted by atomic mass is 10.1. The highest BCUT2D eigenvalue weighted by atomic mass is 16.6. The lowest BCUT2D eigenvalue weighted by Gasteiger charge is -2.22. The van der Waals surface area contributed by atoms with E-state index in [1.807, 2.05) is 64.1 Å². The number of unbranched alkanes of at least 4 members (excludes halogenated alkanes) is 2. The van der Waals surface area contributed by atoms with Gasteiger partial charge in [0.2, 0.25) is 0 Å². The SMILES string of the molecule is C/C=C\CCCCC(/C=C/c1ccccc1)NC(=O)OC(C)(C)C. The molecule has 1 aromatic rings. The van der Waals surface area contributed by atoms with E-state index < -0.39 is 5.60 Å². The third-order valence-electron chi connectivity index (χ3n) is 3.39. The maximum atomic E-state index is 12.0. The van der Waals surface area contributed by atoms with Gasteiger partial charge in [0, 0.05) is 0 Å². The largest absolute Gasteiger partial charge is 0.444 e. The molecular weight excluding hydrogens is 298 g/mol. The van der Waals surface area contributed by atoms with Crippen molar-refractivity contribution in [2.24, 2.45) is 0 Å². The Morgan fingerprint density at radius 3 is 2.54 bits per heavy atom. The minimum absolute atomic E-state index is 0.0225. The van der Waals surface area contributed by atoms with Gasteiger partial charge in [-0.1, -0.05) is 61.1 Å². The van der Waals surface area contributed by atoms with Crippen LogP contribution in [0.5, 0.6) is 0 Å². The second-order valence-corrected chi connectivity index (χ2v) is 6.88. The molecule has 0 aromatic heterocycles. The fourth-order valence-corrected chi connectivity index (χ4v) is 2.26. The lowest BCUT2D eigenvalue weighted by molar-refractivity contribution is 0.0512. The molecule has 0 aliphatic carbocycles. The quantitative estimate of drug-likeness (QED) is 0.488. The van der Waals surface area contributed by atoms with Crippen molar-refractivity contribution in [3.05, 3.63) is 54.1 Å². The molecule has 0 aliphatic heterocycles. The molecule has 0 heterocycles. The molecule has 1 aromatic carbocycles. The fourth-order valence-electron chi connectivity index (χ4n) is 2.26. The Morgan fingerprint density at radius 2 is 1.92 bits per heavy atom. The number of rotatable bonds is 8. The summed E-state index contributed by atoms with van der Waals surface area (Å²) in [5, 5.41) is 2.97. The molecule has 132 valence electrons. The highest BCUT2D eigenvalue weighted by Crippen LogP contribution is 2.11. The van der Waals surface area contributed by atoms with Crippen molar-refractivity contribution >= 4 is 12.2 Å². The van der Waals surface area contributed by atoms with Gasteiger partial charge in [-0.3, -0.25) is 0 Å². The van der Waals surface area contributed by atoms with Crippen LogP contribution in [0.15, 0.2) is 48.6 Å². The summed E-state index contributed by atoms with van der Waals surface area (Å²) in [7, 11) is 0. The van der Waals surface area contributed by atoms with Crippen molar-refractivity contribution in [2.45, 2.75) is 65.0 Å². The Bertz CT molecular complexity index is 527. The van der Waals surface area contributed by atoms with Crippen LogP contribution in [-0.4, -0.2) is 17.7 Å². The molecule has 1 atom stereocenters. The summed E-state index contributed by atoms with van der Waals surface area (Å²) in [4.78, 5) is 12.0. The third kappa shape index (κ3) is 9.88. The highest BCUT2D eigenvalue weighted by molar-refractivity contribution is 5.68. The van der Waals surface area contributed by atoms with Gasteiger partial charge in [-0.05, 0) is 52.5 Å². The van der Waals surface area contributed by atoms with Crippen LogP contribution < -0.4 is 5.32 Å². The third-order valence-corrected chi connectivity index (χ3v) is 3.39. The smallest absolute Gasteiger partial charge is 0.408 e. The van der Waals surface area contributed by atoms with Gasteiger partial charge >= 0.3 is 6.09 Å². The molecule has 1 N–H and O–H groups in total. The summed E-state index contributed by atoms with van der Waals surface area (Å²) in [5.74, 6) is 0. The van der Waals surface area contributed by atoms with E-state index in [9.17, 15) is 4.79 Å². The van der Waals surface area contributed by atoms with Gasteiger partial charge in [-0.2, -0.15) is 0 Å². The number of alkyl carbamates (subject to hydrolysis) is 1. The number of hydrogen-bond acceptors (Lipinski definition) is 2. The Labute approximate surface area is 146 Å². The molecule has 0 radical (unpaired) electrons. The summed E-state index contributed by atoms with van der Waals surface area (Å²) in [6, 6.07) is 10.1. The lowest BCUT2D eigenvalue weighted by Crippen LogP contribution is -2.38. The van der Waals surface area contributed by atoms with Crippen molar-refractivity contribution in [2.75, 3.05) is 0 Å². The van der Waals surface area contributed by atoms with Crippen LogP contribution in [0.25, 0.3) is 6.08 Å². The second-order valence-electron chi connectivity index (χ2n) is 6.88. The number of hydrogen-bond donors (Lipinski definition) is 1. The zero-order chi connectivity index (χ0) is 17.8. The molecule has 0 saturated carbocycles. The average Bonchev–Trinajstić information content (AvgIpc) is 2.51. The first-order valence-electron chi connectivity index (χ1n) is 8.74. The van der Waals surface area contributed by atoms with Crippen molar-refractivity contribution in [1.29, 1.82) is 0 Å². The van der Waals surface area contributed by atoms with Gasteiger partial charge in [0.15, 0.2) is 0 Å². The topological polar surface area (TPSA) is 38.3 Å². The Morgan fingerprint density at radius 1 is 1.21 bits per heavy atom. The summed E-state index contributed by atoms with van der Waals surface area (Å²) in [5.41, 5.74) is 0.645. The molecule has 0 spiro atoms. The van der Waals surface area contributed by atoms with E-state index in [0.29, 0.717) is 0 Å². The minimum atomic E-state index is -0.482. The van der Waals surface area contributed by atoms with Crippen LogP contribution in [0.4, 0.5) is 4.79 Å². The zero-order valence-corrected chi connectivity index (χ0v) is 15.4. The van der Waals surface area contributed by atoms with Crippen molar-refractivity contribution in [3.8, 4) is 0 Å². The number of amides is 1. The second kappa shape index (κ2) is 10.7. The monoisotopic (exact) mass is 329 g/mol. The first-order chi connectivity index (χ1) is 11.4. The summed E-state index contributed by atoms with van der Waals surface area (Å²) in [6.07, 6.45) is 12.2. The number of nitrogens with one attached hydrogen (secondary N) is 1. The number of allylic oxidation sites excluding steroid dienone is 2. The van der Waals surface area contributed by atoms with Gasteiger partial charge in [0.25, 0.3) is 0 Å². The van der Waals surface area contributed by atoms with Crippen molar-refractivity contribution in [1.82, 2.24) is 5.32 Å². The summed E-state index contributed by atoms with van der Waals surface area (Å²) < 4.78 is 5.37. The molecule has 1 rings (SSSR count). The number of carbonyl (C=O) groups excluding carboxylic acids is 1. The van der Waals surface area contributed by atoms with Gasteiger partial charge in [-0.25, -0.2) is 4.79 Å². The van der Waals surface area contributed by atoms with Crippen LogP contribution in [0.3, 0.4) is 0 Å². The zero-order valence-electron chi connectivity index (χ0n) is 15.4. The molecular formula is C21H31NO2.